The number of halogens is 3. The lowest BCUT2D eigenvalue weighted by molar-refractivity contribution is -0.127. The zero-order valence-corrected chi connectivity index (χ0v) is 26.1. The lowest BCUT2D eigenvalue weighted by Gasteiger charge is -2.17. The molecule has 1 aliphatic rings. The molecular formula is C27H21Br2IN2O5S. The van der Waals surface area contributed by atoms with Gasteiger partial charge >= 0.3 is 0 Å². The summed E-state index contributed by atoms with van der Waals surface area (Å²) in [6, 6.07) is 18.7. The number of benzene rings is 3. The number of nitrogens with zero attached hydrogens (tertiary/aromatic N) is 1. The fourth-order valence-corrected chi connectivity index (χ4v) is 5.63. The summed E-state index contributed by atoms with van der Waals surface area (Å²) in [7, 11) is 0. The summed E-state index contributed by atoms with van der Waals surface area (Å²) in [6.45, 7) is 2.23. The van der Waals surface area contributed by atoms with E-state index < -0.39 is 17.1 Å². The Kier molecular flexibility index (Phi) is 9.91. The van der Waals surface area contributed by atoms with Gasteiger partial charge in [-0.25, -0.2) is 0 Å². The van der Waals surface area contributed by atoms with Crippen LogP contribution in [0.4, 0.5) is 10.5 Å². The van der Waals surface area contributed by atoms with Crippen LogP contribution in [0.2, 0.25) is 0 Å². The minimum atomic E-state index is -0.539. The maximum atomic E-state index is 13.0. The van der Waals surface area contributed by atoms with Crippen molar-refractivity contribution in [3.05, 3.63) is 89.2 Å². The molecule has 3 amide bonds. The molecule has 1 fully saturated rings. The van der Waals surface area contributed by atoms with Crippen molar-refractivity contribution in [1.82, 2.24) is 4.90 Å². The maximum Gasteiger partial charge on any atom is 0.294 e. The Labute approximate surface area is 254 Å². The Morgan fingerprint density at radius 3 is 2.45 bits per heavy atom. The quantitative estimate of drug-likeness (QED) is 0.180. The largest absolute Gasteiger partial charge is 0.490 e. The second kappa shape index (κ2) is 13.1. The topological polar surface area (TPSA) is 84.9 Å². The van der Waals surface area contributed by atoms with Gasteiger partial charge in [-0.2, -0.15) is 0 Å². The predicted molar refractivity (Wildman–Crippen MR) is 164 cm³/mol. The number of anilines is 1. The highest BCUT2D eigenvalue weighted by Crippen LogP contribution is 2.45. The fourth-order valence-electron chi connectivity index (χ4n) is 3.49. The Morgan fingerprint density at radius 1 is 1.05 bits per heavy atom. The average Bonchev–Trinajstić information content (AvgIpc) is 3.16. The maximum absolute atomic E-state index is 13.0. The molecule has 196 valence electrons. The molecule has 3 aromatic carbocycles. The molecule has 38 heavy (non-hydrogen) atoms. The van der Waals surface area contributed by atoms with Crippen molar-refractivity contribution in [2.24, 2.45) is 0 Å². The molecule has 0 unspecified atom stereocenters. The molecule has 1 aliphatic heterocycles. The summed E-state index contributed by atoms with van der Waals surface area (Å²) in [6.07, 6.45) is 1.60. The molecule has 3 aromatic rings. The standard InChI is InChI=1S/C27H21Br2IN2O5S/c1-2-36-20-12-17(23(28)24(29)25(20)37-15-16-6-4-3-5-7-16)13-21-26(34)32(27(35)38-21)14-22(33)31-19-10-8-18(30)9-11-19/h3-13H,2,14-15H2,1H3,(H,31,33)/b21-13-. The van der Waals surface area contributed by atoms with Gasteiger partial charge in [0.1, 0.15) is 13.2 Å². The molecule has 0 aliphatic carbocycles. The normalized spacial score (nSPS) is 14.2. The van der Waals surface area contributed by atoms with E-state index >= 15 is 0 Å². The van der Waals surface area contributed by atoms with Crippen LogP contribution in [0, 0.1) is 3.57 Å². The molecule has 1 saturated heterocycles. The third-order valence-electron chi connectivity index (χ3n) is 5.27. The molecule has 1 N–H and O–H groups in total. The first kappa shape index (κ1) is 28.7. The minimum Gasteiger partial charge on any atom is -0.490 e. The molecule has 0 bridgehead atoms. The van der Waals surface area contributed by atoms with Crippen molar-refractivity contribution in [2.75, 3.05) is 18.5 Å². The number of carbonyl (C=O) groups excluding carboxylic acids is 3. The van der Waals surface area contributed by atoms with Crippen molar-refractivity contribution in [2.45, 2.75) is 13.5 Å². The Balaban J connectivity index is 1.53. The summed E-state index contributed by atoms with van der Waals surface area (Å²) in [5, 5.41) is 2.20. The summed E-state index contributed by atoms with van der Waals surface area (Å²) in [4.78, 5) is 39.3. The van der Waals surface area contributed by atoms with Crippen molar-refractivity contribution >= 4 is 95.0 Å². The smallest absolute Gasteiger partial charge is 0.294 e. The van der Waals surface area contributed by atoms with E-state index in [1.54, 1.807) is 24.3 Å². The third-order valence-corrected chi connectivity index (χ3v) is 9.04. The molecule has 0 radical (unpaired) electrons. The van der Waals surface area contributed by atoms with Gasteiger partial charge in [-0.3, -0.25) is 19.3 Å². The molecular weight excluding hydrogens is 751 g/mol. The van der Waals surface area contributed by atoms with Crippen LogP contribution in [0.15, 0.2) is 74.5 Å². The number of hydrogen-bond acceptors (Lipinski definition) is 6. The first-order valence-electron chi connectivity index (χ1n) is 11.4. The van der Waals surface area contributed by atoms with Gasteiger partial charge in [-0.1, -0.05) is 30.3 Å². The number of rotatable bonds is 9. The van der Waals surface area contributed by atoms with E-state index in [9.17, 15) is 14.4 Å². The van der Waals surface area contributed by atoms with Crippen LogP contribution in [0.3, 0.4) is 0 Å². The lowest BCUT2D eigenvalue weighted by Crippen LogP contribution is -2.36. The molecule has 0 spiro atoms. The van der Waals surface area contributed by atoms with Gasteiger partial charge < -0.3 is 14.8 Å². The molecule has 0 saturated carbocycles. The first-order chi connectivity index (χ1) is 18.3. The van der Waals surface area contributed by atoms with E-state index in [-0.39, 0.29) is 11.4 Å². The Bertz CT molecular complexity index is 1400. The number of imide groups is 1. The van der Waals surface area contributed by atoms with Crippen LogP contribution < -0.4 is 14.8 Å². The van der Waals surface area contributed by atoms with Crippen LogP contribution in [-0.2, 0) is 16.2 Å². The molecule has 11 heteroatoms. The van der Waals surface area contributed by atoms with Crippen molar-refractivity contribution in [1.29, 1.82) is 0 Å². The van der Waals surface area contributed by atoms with E-state index in [2.05, 4.69) is 59.8 Å². The van der Waals surface area contributed by atoms with E-state index in [1.165, 1.54) is 0 Å². The predicted octanol–water partition coefficient (Wildman–Crippen LogP) is 7.47. The Morgan fingerprint density at radius 2 is 1.76 bits per heavy atom. The first-order valence-corrected chi connectivity index (χ1v) is 14.9. The highest BCUT2D eigenvalue weighted by molar-refractivity contribution is 14.1. The van der Waals surface area contributed by atoms with Gasteiger partial charge in [0.25, 0.3) is 11.1 Å². The highest BCUT2D eigenvalue weighted by atomic mass is 127. The number of amides is 3. The summed E-state index contributed by atoms with van der Waals surface area (Å²) < 4.78 is 14.2. The van der Waals surface area contributed by atoms with Crippen molar-refractivity contribution in [3.8, 4) is 11.5 Å². The Hall–Kier alpha value is -2.35. The second-order valence-corrected chi connectivity index (χ2v) is 11.8. The van der Waals surface area contributed by atoms with E-state index in [4.69, 9.17) is 9.47 Å². The van der Waals surface area contributed by atoms with Gasteiger partial charge in [0.05, 0.1) is 16.0 Å². The van der Waals surface area contributed by atoms with E-state index in [0.717, 1.165) is 25.8 Å². The number of carbonyl (C=O) groups is 3. The van der Waals surface area contributed by atoms with Gasteiger partial charge in [0.15, 0.2) is 11.5 Å². The SMILES string of the molecule is CCOc1cc(/C=C2\SC(=O)N(CC(=O)Nc3ccc(I)cc3)C2=O)c(Br)c(Br)c1OCc1ccccc1. The zero-order valence-electron chi connectivity index (χ0n) is 20.0. The zero-order chi connectivity index (χ0) is 27.2. The molecule has 4 rings (SSSR count). The summed E-state index contributed by atoms with van der Waals surface area (Å²) >= 11 is 10.1. The number of nitrogens with one attached hydrogen (secondary N) is 1. The molecule has 7 nitrogen and oxygen atoms in total. The van der Waals surface area contributed by atoms with Gasteiger partial charge in [0.2, 0.25) is 5.91 Å². The van der Waals surface area contributed by atoms with Gasteiger partial charge in [-0.05, 0) is 121 Å². The van der Waals surface area contributed by atoms with Crippen molar-refractivity contribution < 1.29 is 23.9 Å². The van der Waals surface area contributed by atoms with Crippen LogP contribution in [0.25, 0.3) is 6.08 Å². The van der Waals surface area contributed by atoms with Crippen LogP contribution in [-0.4, -0.2) is 35.1 Å². The number of ether oxygens (including phenoxy) is 2. The third kappa shape index (κ3) is 6.99. The van der Waals surface area contributed by atoms with Crippen molar-refractivity contribution in [3.63, 3.8) is 0 Å². The minimum absolute atomic E-state index is 0.199. The van der Waals surface area contributed by atoms with Crippen LogP contribution in [0.1, 0.15) is 18.1 Å². The van der Waals surface area contributed by atoms with E-state index in [1.807, 2.05) is 49.4 Å². The van der Waals surface area contributed by atoms with Crippen LogP contribution >= 0.6 is 66.2 Å². The molecule has 1 heterocycles. The highest BCUT2D eigenvalue weighted by Gasteiger charge is 2.36. The van der Waals surface area contributed by atoms with Crippen LogP contribution in [0.5, 0.6) is 11.5 Å². The lowest BCUT2D eigenvalue weighted by atomic mass is 10.1. The van der Waals surface area contributed by atoms with E-state index in [0.29, 0.717) is 44.9 Å². The number of thioether (sulfide) groups is 1. The van der Waals surface area contributed by atoms with Gasteiger partial charge in [0, 0.05) is 13.7 Å². The van der Waals surface area contributed by atoms with Gasteiger partial charge in [-0.15, -0.1) is 0 Å². The second-order valence-electron chi connectivity index (χ2n) is 7.95. The number of hydrogen-bond donors (Lipinski definition) is 1. The summed E-state index contributed by atoms with van der Waals surface area (Å²) in [5.41, 5.74) is 2.20. The molecule has 0 aromatic heterocycles. The average molecular weight is 772 g/mol. The monoisotopic (exact) mass is 770 g/mol. The summed E-state index contributed by atoms with van der Waals surface area (Å²) in [5.74, 6) is 0.00127. The fraction of sp³-hybridized carbons (Fsp3) is 0.148. The molecule has 0 atom stereocenters.